The topological polar surface area (TPSA) is 21.7 Å². The van der Waals surface area contributed by atoms with Crippen molar-refractivity contribution < 1.29 is 18.3 Å². The fourth-order valence-electron chi connectivity index (χ4n) is 5.97. The van der Waals surface area contributed by atoms with Gasteiger partial charge in [0.1, 0.15) is 18.1 Å². The number of fused-ring (bicyclic) bond motifs is 1. The molecule has 37 heavy (non-hydrogen) atoms. The van der Waals surface area contributed by atoms with Gasteiger partial charge in [0.25, 0.3) is 5.92 Å². The minimum Gasteiger partial charge on any atom is -0.494 e. The summed E-state index contributed by atoms with van der Waals surface area (Å²) in [7, 11) is 0. The number of alkyl halides is 2. The average Bonchev–Trinajstić information content (AvgIpc) is 3.50. The number of benzene rings is 2. The third-order valence-corrected chi connectivity index (χ3v) is 7.76. The van der Waals surface area contributed by atoms with Crippen LogP contribution in [0.5, 0.6) is 5.75 Å². The molecular formula is C32H37F2NO2. The van der Waals surface area contributed by atoms with E-state index in [2.05, 4.69) is 75.9 Å². The lowest BCUT2D eigenvalue weighted by molar-refractivity contribution is -0.130. The molecule has 1 aliphatic heterocycles. The van der Waals surface area contributed by atoms with Gasteiger partial charge in [-0.05, 0) is 115 Å². The molecule has 2 aromatic rings. The molecule has 0 spiro atoms. The van der Waals surface area contributed by atoms with Crippen molar-refractivity contribution in [3.05, 3.63) is 88.7 Å². The Morgan fingerprint density at radius 3 is 2.62 bits per heavy atom. The molecule has 3 aliphatic rings. The summed E-state index contributed by atoms with van der Waals surface area (Å²) in [6.07, 6.45) is 7.59. The number of allylic oxidation sites excluding steroid dienone is 4. The van der Waals surface area contributed by atoms with Gasteiger partial charge in [-0.2, -0.15) is 0 Å². The lowest BCUT2D eigenvalue weighted by Crippen LogP contribution is -2.56. The molecule has 196 valence electrons. The summed E-state index contributed by atoms with van der Waals surface area (Å²) < 4.78 is 37.9. The first-order valence-corrected chi connectivity index (χ1v) is 13.3. The molecule has 2 unspecified atom stereocenters. The van der Waals surface area contributed by atoms with E-state index in [1.165, 1.54) is 23.1 Å². The Morgan fingerprint density at radius 1 is 1.16 bits per heavy atom. The zero-order valence-corrected chi connectivity index (χ0v) is 22.2. The molecule has 2 saturated carbocycles. The summed E-state index contributed by atoms with van der Waals surface area (Å²) in [5.74, 6) is 0.641. The molecule has 2 aliphatic carbocycles. The van der Waals surface area contributed by atoms with Gasteiger partial charge in [-0.25, -0.2) is 8.78 Å². The largest absolute Gasteiger partial charge is 0.494 e. The van der Waals surface area contributed by atoms with Crippen LogP contribution in [-0.4, -0.2) is 37.1 Å². The minimum absolute atomic E-state index is 0.131. The van der Waals surface area contributed by atoms with Gasteiger partial charge >= 0.3 is 0 Å². The molecule has 0 N–H and O–H groups in total. The minimum atomic E-state index is -2.51. The van der Waals surface area contributed by atoms with Gasteiger partial charge in [-0.3, -0.25) is 4.90 Å². The first-order chi connectivity index (χ1) is 17.7. The standard InChI is InChI=1S/C32H37F2NO2/c1-5-29-26(16-27-17-30(27)29)14-23(4)37-18-24-8-6-9-25(15-24)31-21(2)12-28(13-22(31)3)36-11-7-10-35-19-32(33,34)20-35/h5-6,8-9,12-15,27,30H,4,7,10-11,16-20H2,1-3H3/b26-14-,29-5+. The van der Waals surface area contributed by atoms with E-state index in [4.69, 9.17) is 9.47 Å². The predicted molar refractivity (Wildman–Crippen MR) is 145 cm³/mol. The van der Waals surface area contributed by atoms with Crippen LogP contribution in [0, 0.1) is 25.7 Å². The van der Waals surface area contributed by atoms with Gasteiger partial charge < -0.3 is 9.47 Å². The van der Waals surface area contributed by atoms with Crippen molar-refractivity contribution in [3.63, 3.8) is 0 Å². The molecule has 3 nitrogen and oxygen atoms in total. The second-order valence-electron chi connectivity index (χ2n) is 10.9. The fourth-order valence-corrected chi connectivity index (χ4v) is 5.97. The molecule has 0 radical (unpaired) electrons. The highest BCUT2D eigenvalue weighted by atomic mass is 19.3. The van der Waals surface area contributed by atoms with Crippen LogP contribution in [0.4, 0.5) is 8.78 Å². The van der Waals surface area contributed by atoms with Crippen molar-refractivity contribution in [1.82, 2.24) is 4.90 Å². The number of hydrogen-bond donors (Lipinski definition) is 0. The van der Waals surface area contributed by atoms with Gasteiger partial charge in [-0.15, -0.1) is 0 Å². The van der Waals surface area contributed by atoms with Crippen molar-refractivity contribution in [2.24, 2.45) is 11.8 Å². The number of likely N-dealkylation sites (tertiary alicyclic amines) is 1. The van der Waals surface area contributed by atoms with Gasteiger partial charge in [0, 0.05) is 6.54 Å². The summed E-state index contributed by atoms with van der Waals surface area (Å²) in [5, 5.41) is 0. The quantitative estimate of drug-likeness (QED) is 0.245. The summed E-state index contributed by atoms with van der Waals surface area (Å²) in [6, 6.07) is 12.6. The maximum atomic E-state index is 13.0. The lowest BCUT2D eigenvalue weighted by atomic mass is 9.94. The number of halogens is 2. The van der Waals surface area contributed by atoms with E-state index in [1.54, 1.807) is 4.90 Å². The lowest BCUT2D eigenvalue weighted by Gasteiger charge is -2.38. The van der Waals surface area contributed by atoms with Crippen LogP contribution in [0.2, 0.25) is 0 Å². The maximum absolute atomic E-state index is 13.0. The van der Waals surface area contributed by atoms with Crippen molar-refractivity contribution in [3.8, 4) is 16.9 Å². The Bertz CT molecular complexity index is 1210. The van der Waals surface area contributed by atoms with Crippen molar-refractivity contribution in [1.29, 1.82) is 0 Å². The number of hydrogen-bond acceptors (Lipinski definition) is 3. The van der Waals surface area contributed by atoms with Crippen LogP contribution >= 0.6 is 0 Å². The molecule has 1 saturated heterocycles. The molecule has 2 atom stereocenters. The molecule has 5 heteroatoms. The van der Waals surface area contributed by atoms with E-state index in [1.807, 2.05) is 0 Å². The Kier molecular flexibility index (Phi) is 7.26. The van der Waals surface area contributed by atoms with E-state index in [0.29, 0.717) is 19.8 Å². The molecule has 1 heterocycles. The Morgan fingerprint density at radius 2 is 1.92 bits per heavy atom. The number of rotatable bonds is 10. The smallest absolute Gasteiger partial charge is 0.272 e. The Balaban J connectivity index is 1.17. The van der Waals surface area contributed by atoms with Gasteiger partial charge in [0.15, 0.2) is 0 Å². The first-order valence-electron chi connectivity index (χ1n) is 13.3. The average molecular weight is 506 g/mol. The summed E-state index contributed by atoms with van der Waals surface area (Å²) in [6.45, 7) is 11.8. The first kappa shape index (κ1) is 25.7. The Hall–Kier alpha value is -2.92. The van der Waals surface area contributed by atoms with E-state index >= 15 is 0 Å². The molecule has 2 aromatic carbocycles. The number of nitrogens with zero attached hydrogens (tertiary/aromatic N) is 1. The van der Waals surface area contributed by atoms with Crippen LogP contribution in [0.25, 0.3) is 11.1 Å². The third-order valence-electron chi connectivity index (χ3n) is 7.76. The van der Waals surface area contributed by atoms with Gasteiger partial charge in [-0.1, -0.05) is 30.9 Å². The highest BCUT2D eigenvalue weighted by molar-refractivity contribution is 5.72. The zero-order chi connectivity index (χ0) is 26.2. The second kappa shape index (κ2) is 10.4. The fraction of sp³-hybridized carbons (Fsp3) is 0.438. The summed E-state index contributed by atoms with van der Waals surface area (Å²) >= 11 is 0. The van der Waals surface area contributed by atoms with Crippen molar-refractivity contribution in [2.75, 3.05) is 26.2 Å². The molecule has 0 aromatic heterocycles. The molecule has 3 fully saturated rings. The van der Waals surface area contributed by atoms with Crippen molar-refractivity contribution >= 4 is 0 Å². The van der Waals surface area contributed by atoms with E-state index in [0.717, 1.165) is 58.4 Å². The Labute approximate surface area is 219 Å². The molecule has 0 bridgehead atoms. The monoisotopic (exact) mass is 505 g/mol. The van der Waals surface area contributed by atoms with Crippen LogP contribution in [0.1, 0.15) is 42.9 Å². The van der Waals surface area contributed by atoms with Crippen molar-refractivity contribution in [2.45, 2.75) is 52.6 Å². The van der Waals surface area contributed by atoms with Crippen LogP contribution < -0.4 is 4.74 Å². The van der Waals surface area contributed by atoms with E-state index in [-0.39, 0.29) is 13.1 Å². The maximum Gasteiger partial charge on any atom is 0.272 e. The third kappa shape index (κ3) is 5.98. The SMILES string of the molecule is C=C(/C=C1/CC2CC2/C1=C/C)OCc1cccc(-c2c(C)cc(OCCCN3CC(F)(F)C3)cc2C)c1. The van der Waals surface area contributed by atoms with Crippen LogP contribution in [0.15, 0.2) is 72.0 Å². The van der Waals surface area contributed by atoms with Gasteiger partial charge in [0.2, 0.25) is 0 Å². The second-order valence-corrected chi connectivity index (χ2v) is 10.9. The summed E-state index contributed by atoms with van der Waals surface area (Å²) in [5.41, 5.74) is 8.60. The molecule has 5 rings (SSSR count). The number of ether oxygens (including phenoxy) is 2. The van der Waals surface area contributed by atoms with E-state index < -0.39 is 5.92 Å². The molecular weight excluding hydrogens is 468 g/mol. The van der Waals surface area contributed by atoms with Crippen LogP contribution in [0.3, 0.4) is 0 Å². The predicted octanol–water partition coefficient (Wildman–Crippen LogP) is 7.63. The van der Waals surface area contributed by atoms with E-state index in [9.17, 15) is 8.78 Å². The highest BCUT2D eigenvalue weighted by Crippen LogP contribution is 2.57. The van der Waals surface area contributed by atoms with Crippen LogP contribution in [-0.2, 0) is 11.3 Å². The number of aryl methyl sites for hydroxylation is 2. The highest BCUT2D eigenvalue weighted by Gasteiger charge is 2.46. The van der Waals surface area contributed by atoms with Gasteiger partial charge in [0.05, 0.1) is 19.7 Å². The molecule has 0 amide bonds. The summed E-state index contributed by atoms with van der Waals surface area (Å²) in [4.78, 5) is 1.77. The zero-order valence-electron chi connectivity index (χ0n) is 22.2. The normalized spacial score (nSPS) is 24.1.